The van der Waals surface area contributed by atoms with E-state index in [0.717, 1.165) is 16.7 Å². The quantitative estimate of drug-likeness (QED) is 0.292. The van der Waals surface area contributed by atoms with Gasteiger partial charge in [-0.1, -0.05) is 35.9 Å². The normalized spacial score (nSPS) is 20.1. The zero-order valence-corrected chi connectivity index (χ0v) is 26.0. The number of imidazole rings is 1. The zero-order chi connectivity index (χ0) is 30.0. The van der Waals surface area contributed by atoms with Crippen LogP contribution in [0.2, 0.25) is 0 Å². The van der Waals surface area contributed by atoms with E-state index in [9.17, 15) is 17.9 Å². The molecule has 2 aromatic carbocycles. The third kappa shape index (κ3) is 4.76. The maximum atomic E-state index is 14.2. The molecule has 0 saturated carbocycles. The van der Waals surface area contributed by atoms with Crippen LogP contribution in [0.3, 0.4) is 0 Å². The van der Waals surface area contributed by atoms with E-state index in [1.165, 1.54) is 3.97 Å². The molecule has 3 atom stereocenters. The van der Waals surface area contributed by atoms with Crippen molar-refractivity contribution in [2.24, 2.45) is 0 Å². The van der Waals surface area contributed by atoms with Crippen molar-refractivity contribution in [1.82, 2.24) is 18.7 Å². The summed E-state index contributed by atoms with van der Waals surface area (Å²) in [6.45, 7) is 13.1. The number of H-pyrrole nitrogens is 1. The largest absolute Gasteiger partial charge is 0.340 e. The van der Waals surface area contributed by atoms with Gasteiger partial charge in [-0.25, -0.2) is 26.3 Å². The van der Waals surface area contributed by atoms with Crippen LogP contribution < -0.4 is 4.72 Å². The SMILES string of the molecule is CC1=CC(C)(S(=O)(=O)n2ccc3c(C(C)(NS(=O)C(C)(C)C)c4nc5ccc(C#N)cc5[nH]4)ccc(C)c32)CC=C1. The Morgan fingerprint density at radius 2 is 1.88 bits per heavy atom. The van der Waals surface area contributed by atoms with Crippen LogP contribution in [0.4, 0.5) is 0 Å². The fourth-order valence-electron chi connectivity index (χ4n) is 5.39. The number of hydrogen-bond donors (Lipinski definition) is 2. The van der Waals surface area contributed by atoms with Crippen LogP contribution in [0, 0.1) is 18.3 Å². The predicted octanol–water partition coefficient (Wildman–Crippen LogP) is 5.86. The van der Waals surface area contributed by atoms with Crippen molar-refractivity contribution in [3.8, 4) is 6.07 Å². The van der Waals surface area contributed by atoms with Crippen LogP contribution in [0.25, 0.3) is 21.9 Å². The molecule has 4 aromatic rings. The number of aromatic nitrogens is 3. The highest BCUT2D eigenvalue weighted by Crippen LogP contribution is 2.39. The van der Waals surface area contributed by atoms with Gasteiger partial charge in [-0.2, -0.15) is 5.26 Å². The van der Waals surface area contributed by atoms with Gasteiger partial charge >= 0.3 is 0 Å². The fourth-order valence-corrected chi connectivity index (χ4v) is 8.07. The molecule has 10 heteroatoms. The second-order valence-electron chi connectivity index (χ2n) is 12.2. The highest BCUT2D eigenvalue weighted by atomic mass is 32.2. The van der Waals surface area contributed by atoms with E-state index in [2.05, 4.69) is 15.8 Å². The molecule has 0 fully saturated rings. The van der Waals surface area contributed by atoms with Gasteiger partial charge in [0, 0.05) is 11.6 Å². The first-order valence-electron chi connectivity index (χ1n) is 13.4. The molecule has 41 heavy (non-hydrogen) atoms. The first kappa shape index (κ1) is 29.0. The smallest absolute Gasteiger partial charge is 0.248 e. The summed E-state index contributed by atoms with van der Waals surface area (Å²) in [4.78, 5) is 8.19. The van der Waals surface area contributed by atoms with E-state index < -0.39 is 36.0 Å². The number of benzene rings is 2. The molecular weight excluding hydrogens is 555 g/mol. The second-order valence-corrected chi connectivity index (χ2v) is 16.4. The van der Waals surface area contributed by atoms with Gasteiger partial charge in [0.25, 0.3) is 0 Å². The first-order chi connectivity index (χ1) is 19.1. The van der Waals surface area contributed by atoms with E-state index in [-0.39, 0.29) is 0 Å². The third-order valence-corrected chi connectivity index (χ3v) is 11.8. The minimum atomic E-state index is -3.85. The molecule has 8 nitrogen and oxygen atoms in total. The number of nitriles is 1. The molecule has 2 heterocycles. The molecule has 5 rings (SSSR count). The summed E-state index contributed by atoms with van der Waals surface area (Å²) in [6, 6.07) is 13.0. The Morgan fingerprint density at radius 1 is 1.15 bits per heavy atom. The molecule has 0 saturated heterocycles. The molecule has 0 amide bonds. The number of rotatable bonds is 6. The van der Waals surface area contributed by atoms with Crippen molar-refractivity contribution < 1.29 is 12.6 Å². The average Bonchev–Trinajstić information content (AvgIpc) is 3.53. The van der Waals surface area contributed by atoms with Gasteiger partial charge in [0.05, 0.1) is 43.9 Å². The number of nitrogens with one attached hydrogen (secondary N) is 2. The van der Waals surface area contributed by atoms with Crippen molar-refractivity contribution in [2.75, 3.05) is 0 Å². The number of hydrogen-bond acceptors (Lipinski definition) is 5. The summed E-state index contributed by atoms with van der Waals surface area (Å²) in [6.07, 6.45) is 7.64. The van der Waals surface area contributed by atoms with Crippen LogP contribution >= 0.6 is 0 Å². The number of allylic oxidation sites excluding steroid dienone is 3. The van der Waals surface area contributed by atoms with Crippen LogP contribution in [0.5, 0.6) is 0 Å². The predicted molar refractivity (Wildman–Crippen MR) is 165 cm³/mol. The van der Waals surface area contributed by atoms with E-state index in [4.69, 9.17) is 4.98 Å². The molecule has 0 aliphatic heterocycles. The Labute approximate surface area is 243 Å². The lowest BCUT2D eigenvalue weighted by atomic mass is 9.88. The minimum Gasteiger partial charge on any atom is -0.340 e. The van der Waals surface area contributed by atoms with Crippen molar-refractivity contribution in [3.63, 3.8) is 0 Å². The maximum Gasteiger partial charge on any atom is 0.248 e. The highest BCUT2D eigenvalue weighted by molar-refractivity contribution is 7.91. The molecule has 2 aromatic heterocycles. The van der Waals surface area contributed by atoms with Crippen LogP contribution in [0.15, 0.2) is 66.4 Å². The lowest BCUT2D eigenvalue weighted by molar-refractivity contribution is 0.504. The van der Waals surface area contributed by atoms with E-state index in [0.29, 0.717) is 39.7 Å². The minimum absolute atomic E-state index is 0.374. The number of nitrogens with zero attached hydrogens (tertiary/aromatic N) is 3. The topological polar surface area (TPSA) is 121 Å². The molecule has 0 radical (unpaired) electrons. The van der Waals surface area contributed by atoms with Crippen molar-refractivity contribution in [3.05, 3.63) is 88.9 Å². The van der Waals surface area contributed by atoms with E-state index in [1.807, 2.05) is 78.0 Å². The Balaban J connectivity index is 1.76. The lowest BCUT2D eigenvalue weighted by Gasteiger charge is -2.33. The van der Waals surface area contributed by atoms with Crippen molar-refractivity contribution >= 4 is 42.9 Å². The standard InChI is InChI=1S/C31H35N5O3S2/c1-20-9-8-15-30(6,18-20)41(38,39)36-16-14-23-24(12-10-21(2)27(23)36)31(7,35-40(37)29(3,4)5)28-33-25-13-11-22(19-32)17-26(25)34-28/h8-14,16-18,35H,15H2,1-7H3,(H,33,34). The summed E-state index contributed by atoms with van der Waals surface area (Å²) >= 11 is 0. The van der Waals surface area contributed by atoms with Crippen molar-refractivity contribution in [2.45, 2.75) is 69.9 Å². The number of aromatic amines is 1. The van der Waals surface area contributed by atoms with Gasteiger partial charge in [-0.05, 0) is 90.3 Å². The second kappa shape index (κ2) is 9.79. The molecule has 1 aliphatic rings. The van der Waals surface area contributed by atoms with E-state index >= 15 is 0 Å². The van der Waals surface area contributed by atoms with Gasteiger partial charge in [0.1, 0.15) is 16.1 Å². The van der Waals surface area contributed by atoms with Crippen LogP contribution in [-0.4, -0.2) is 36.1 Å². The summed E-state index contributed by atoms with van der Waals surface area (Å²) < 4.78 is 45.0. The number of fused-ring (bicyclic) bond motifs is 2. The first-order valence-corrected chi connectivity index (χ1v) is 16.0. The molecule has 0 bridgehead atoms. The average molecular weight is 590 g/mol. The lowest BCUT2D eigenvalue weighted by Crippen LogP contribution is -2.47. The summed E-state index contributed by atoms with van der Waals surface area (Å²) in [7, 11) is -5.36. The number of aryl methyl sites for hydroxylation is 1. The Bertz CT molecular complexity index is 1940. The molecule has 3 unspecified atom stereocenters. The monoisotopic (exact) mass is 589 g/mol. The zero-order valence-electron chi connectivity index (χ0n) is 24.4. The summed E-state index contributed by atoms with van der Waals surface area (Å²) in [5.41, 5.74) is 3.73. The van der Waals surface area contributed by atoms with Gasteiger partial charge in [0.2, 0.25) is 10.0 Å². The molecular formula is C31H35N5O3S2. The molecule has 214 valence electrons. The Hall–Kier alpha value is -3.52. The maximum absolute atomic E-state index is 14.2. The Morgan fingerprint density at radius 3 is 2.54 bits per heavy atom. The van der Waals surface area contributed by atoms with Gasteiger partial charge in [-0.3, -0.25) is 0 Å². The third-order valence-electron chi connectivity index (χ3n) is 7.78. The summed E-state index contributed by atoms with van der Waals surface area (Å²) in [5.74, 6) is 0.504. The van der Waals surface area contributed by atoms with Crippen LogP contribution in [-0.2, 0) is 26.5 Å². The molecule has 0 spiro atoms. The van der Waals surface area contributed by atoms with Crippen molar-refractivity contribution in [1.29, 1.82) is 5.26 Å². The van der Waals surface area contributed by atoms with Crippen LogP contribution in [0.1, 0.15) is 70.5 Å². The fraction of sp³-hybridized carbons (Fsp3) is 0.355. The molecule has 1 aliphatic carbocycles. The Kier molecular flexibility index (Phi) is 6.92. The van der Waals surface area contributed by atoms with Gasteiger partial charge in [-0.15, -0.1) is 0 Å². The summed E-state index contributed by atoms with van der Waals surface area (Å²) in [5, 5.41) is 10.1. The van der Waals surface area contributed by atoms with Gasteiger partial charge < -0.3 is 4.98 Å². The molecule has 2 N–H and O–H groups in total. The highest BCUT2D eigenvalue weighted by Gasteiger charge is 2.42. The van der Waals surface area contributed by atoms with E-state index in [1.54, 1.807) is 31.3 Å². The van der Waals surface area contributed by atoms with Gasteiger partial charge in [0.15, 0.2) is 0 Å².